The normalized spacial score (nSPS) is 15.2. The van der Waals surface area contributed by atoms with Crippen molar-refractivity contribution in [3.63, 3.8) is 0 Å². The zero-order valence-electron chi connectivity index (χ0n) is 10.9. The molecule has 6 heteroatoms. The van der Waals surface area contributed by atoms with Crippen molar-refractivity contribution >= 4 is 17.6 Å². The van der Waals surface area contributed by atoms with Crippen LogP contribution in [-0.2, 0) is 9.59 Å². The lowest BCUT2D eigenvalue weighted by Gasteiger charge is -2.37. The Hall–Kier alpha value is -2.39. The van der Waals surface area contributed by atoms with E-state index >= 15 is 0 Å². The van der Waals surface area contributed by atoms with Gasteiger partial charge in [0, 0.05) is 18.8 Å². The van der Waals surface area contributed by atoms with Gasteiger partial charge in [-0.15, -0.1) is 0 Å². The summed E-state index contributed by atoms with van der Waals surface area (Å²) in [4.78, 5) is 24.2. The lowest BCUT2D eigenvalue weighted by atomic mass is 9.96. The Kier molecular flexibility index (Phi) is 4.33. The molecule has 0 unspecified atom stereocenters. The van der Waals surface area contributed by atoms with Crippen LogP contribution in [0, 0.1) is 17.2 Å². The van der Waals surface area contributed by atoms with Crippen LogP contribution in [0.15, 0.2) is 24.3 Å². The highest BCUT2D eigenvalue weighted by molar-refractivity contribution is 5.92. The van der Waals surface area contributed by atoms with Crippen molar-refractivity contribution in [2.24, 2.45) is 5.92 Å². The molecule has 0 spiro atoms. The van der Waals surface area contributed by atoms with Gasteiger partial charge in [-0.05, 0) is 30.2 Å². The van der Waals surface area contributed by atoms with Crippen LogP contribution in [0.2, 0.25) is 0 Å². The van der Waals surface area contributed by atoms with E-state index in [1.54, 1.807) is 24.3 Å². The fraction of sp³-hybridized carbons (Fsp3) is 0.357. The van der Waals surface area contributed by atoms with E-state index in [-0.39, 0.29) is 24.8 Å². The van der Waals surface area contributed by atoms with Crippen LogP contribution in [0.25, 0.3) is 0 Å². The van der Waals surface area contributed by atoms with Gasteiger partial charge in [0.05, 0.1) is 24.6 Å². The van der Waals surface area contributed by atoms with Gasteiger partial charge in [0.15, 0.2) is 0 Å². The maximum absolute atomic E-state index is 11.8. The SMILES string of the molecule is N#Cc1ccc(NC(=O)CN2CC(CC(=O)O)C2)cc1. The topological polar surface area (TPSA) is 93.4 Å². The minimum atomic E-state index is -0.795. The molecule has 0 bridgehead atoms. The highest BCUT2D eigenvalue weighted by atomic mass is 16.4. The van der Waals surface area contributed by atoms with E-state index in [1.807, 2.05) is 11.0 Å². The Morgan fingerprint density at radius 2 is 2.00 bits per heavy atom. The second-order valence-electron chi connectivity index (χ2n) is 4.90. The quantitative estimate of drug-likeness (QED) is 0.831. The Bertz CT molecular complexity index is 542. The second kappa shape index (κ2) is 6.17. The van der Waals surface area contributed by atoms with E-state index in [9.17, 15) is 9.59 Å². The van der Waals surface area contributed by atoms with Gasteiger partial charge in [-0.25, -0.2) is 0 Å². The number of nitrogens with zero attached hydrogens (tertiary/aromatic N) is 2. The number of carbonyl (C=O) groups is 2. The summed E-state index contributed by atoms with van der Waals surface area (Å²) in [6.45, 7) is 1.55. The zero-order valence-corrected chi connectivity index (χ0v) is 10.9. The number of nitriles is 1. The van der Waals surface area contributed by atoms with Crippen LogP contribution < -0.4 is 5.32 Å². The molecule has 0 aliphatic carbocycles. The van der Waals surface area contributed by atoms with Gasteiger partial charge in [0.1, 0.15) is 0 Å². The number of benzene rings is 1. The van der Waals surface area contributed by atoms with Gasteiger partial charge in [0.25, 0.3) is 0 Å². The number of hydrogen-bond donors (Lipinski definition) is 2. The first-order valence-electron chi connectivity index (χ1n) is 6.31. The summed E-state index contributed by atoms with van der Waals surface area (Å²) in [5, 5.41) is 20.0. The molecule has 0 radical (unpaired) electrons. The number of hydrogen-bond acceptors (Lipinski definition) is 4. The average molecular weight is 273 g/mol. The predicted molar refractivity (Wildman–Crippen MR) is 72.0 cm³/mol. The van der Waals surface area contributed by atoms with E-state index in [1.165, 1.54) is 0 Å². The molecule has 6 nitrogen and oxygen atoms in total. The predicted octanol–water partition coefficient (Wildman–Crippen LogP) is 0.903. The molecule has 0 atom stereocenters. The van der Waals surface area contributed by atoms with E-state index in [0.717, 1.165) is 0 Å². The number of carbonyl (C=O) groups excluding carboxylic acids is 1. The van der Waals surface area contributed by atoms with Crippen molar-refractivity contribution in [1.82, 2.24) is 4.90 Å². The van der Waals surface area contributed by atoms with Crippen molar-refractivity contribution in [1.29, 1.82) is 5.26 Å². The summed E-state index contributed by atoms with van der Waals surface area (Å²) in [6, 6.07) is 8.65. The van der Waals surface area contributed by atoms with Crippen LogP contribution in [0.5, 0.6) is 0 Å². The molecule has 2 N–H and O–H groups in total. The molecule has 1 aliphatic rings. The van der Waals surface area contributed by atoms with Crippen LogP contribution in [0.3, 0.4) is 0 Å². The Balaban J connectivity index is 1.74. The number of likely N-dealkylation sites (tertiary alicyclic amines) is 1. The molecule has 20 heavy (non-hydrogen) atoms. The molecule has 104 valence electrons. The molecule has 1 fully saturated rings. The number of amides is 1. The number of carboxylic acid groups (broad SMARTS) is 1. The minimum absolute atomic E-state index is 0.136. The smallest absolute Gasteiger partial charge is 0.303 e. The molecule has 0 aromatic heterocycles. The van der Waals surface area contributed by atoms with Crippen molar-refractivity contribution in [3.8, 4) is 6.07 Å². The lowest BCUT2D eigenvalue weighted by Crippen LogP contribution is -2.50. The standard InChI is InChI=1S/C14H15N3O3/c15-6-10-1-3-12(4-2-10)16-13(18)9-17-7-11(8-17)5-14(19)20/h1-4,11H,5,7-9H2,(H,16,18)(H,19,20). The number of rotatable bonds is 5. The van der Waals surface area contributed by atoms with Crippen LogP contribution in [-0.4, -0.2) is 41.5 Å². The molecule has 1 aliphatic heterocycles. The molecular weight excluding hydrogens is 258 g/mol. The summed E-state index contributed by atoms with van der Waals surface area (Å²) in [6.07, 6.45) is 0.160. The van der Waals surface area contributed by atoms with Crippen molar-refractivity contribution < 1.29 is 14.7 Å². The summed E-state index contributed by atoms with van der Waals surface area (Å²) in [5.74, 6) is -0.782. The minimum Gasteiger partial charge on any atom is -0.481 e. The van der Waals surface area contributed by atoms with E-state index in [0.29, 0.717) is 24.3 Å². The van der Waals surface area contributed by atoms with E-state index in [4.69, 9.17) is 10.4 Å². The first-order valence-corrected chi connectivity index (χ1v) is 6.31. The molecule has 1 heterocycles. The first kappa shape index (κ1) is 14.0. The number of aliphatic carboxylic acids is 1. The van der Waals surface area contributed by atoms with Gasteiger partial charge in [-0.3, -0.25) is 14.5 Å². The monoisotopic (exact) mass is 273 g/mol. The van der Waals surface area contributed by atoms with Gasteiger partial charge in [-0.2, -0.15) is 5.26 Å². The maximum Gasteiger partial charge on any atom is 0.303 e. The van der Waals surface area contributed by atoms with Crippen LogP contribution in [0.1, 0.15) is 12.0 Å². The van der Waals surface area contributed by atoms with Gasteiger partial charge >= 0.3 is 5.97 Å². The largest absolute Gasteiger partial charge is 0.481 e. The first-order chi connectivity index (χ1) is 9.56. The van der Waals surface area contributed by atoms with Crippen LogP contribution >= 0.6 is 0 Å². The van der Waals surface area contributed by atoms with Crippen molar-refractivity contribution in [2.45, 2.75) is 6.42 Å². The van der Waals surface area contributed by atoms with Gasteiger partial charge in [0.2, 0.25) is 5.91 Å². The highest BCUT2D eigenvalue weighted by Gasteiger charge is 2.29. The Morgan fingerprint density at radius 1 is 1.35 bits per heavy atom. The summed E-state index contributed by atoms with van der Waals surface area (Å²) in [7, 11) is 0. The summed E-state index contributed by atoms with van der Waals surface area (Å²) < 4.78 is 0. The summed E-state index contributed by atoms with van der Waals surface area (Å²) >= 11 is 0. The third-order valence-electron chi connectivity index (χ3n) is 3.16. The fourth-order valence-electron chi connectivity index (χ4n) is 2.21. The molecule has 0 saturated carbocycles. The number of carboxylic acids is 1. The lowest BCUT2D eigenvalue weighted by molar-refractivity contribution is -0.139. The van der Waals surface area contributed by atoms with E-state index < -0.39 is 5.97 Å². The van der Waals surface area contributed by atoms with Crippen LogP contribution in [0.4, 0.5) is 5.69 Å². The molecule has 1 amide bonds. The number of anilines is 1. The van der Waals surface area contributed by atoms with Crippen molar-refractivity contribution in [2.75, 3.05) is 25.0 Å². The van der Waals surface area contributed by atoms with E-state index in [2.05, 4.69) is 5.32 Å². The maximum atomic E-state index is 11.8. The molecular formula is C14H15N3O3. The highest BCUT2D eigenvalue weighted by Crippen LogP contribution is 2.18. The molecule has 2 rings (SSSR count). The molecule has 1 aromatic carbocycles. The average Bonchev–Trinajstić information content (AvgIpc) is 2.36. The van der Waals surface area contributed by atoms with Gasteiger partial charge in [-0.1, -0.05) is 0 Å². The molecule has 1 aromatic rings. The Labute approximate surface area is 116 Å². The fourth-order valence-corrected chi connectivity index (χ4v) is 2.21. The third kappa shape index (κ3) is 3.80. The van der Waals surface area contributed by atoms with Crippen molar-refractivity contribution in [3.05, 3.63) is 29.8 Å². The molecule has 1 saturated heterocycles. The number of nitrogens with one attached hydrogen (secondary N) is 1. The summed E-state index contributed by atoms with van der Waals surface area (Å²) in [5.41, 5.74) is 1.19. The zero-order chi connectivity index (χ0) is 14.5. The second-order valence-corrected chi connectivity index (χ2v) is 4.90. The van der Waals surface area contributed by atoms with Gasteiger partial charge < -0.3 is 10.4 Å². The Morgan fingerprint density at radius 3 is 2.55 bits per heavy atom. The third-order valence-corrected chi connectivity index (χ3v) is 3.16.